The third-order valence-electron chi connectivity index (χ3n) is 1.93. The number of benzene rings is 1. The Balaban J connectivity index is 2.87. The minimum absolute atomic E-state index is 0.135. The molecule has 0 atom stereocenters. The van der Waals surface area contributed by atoms with Gasteiger partial charge in [0, 0.05) is 5.56 Å². The van der Waals surface area contributed by atoms with Crippen molar-refractivity contribution < 1.29 is 9.59 Å². The third-order valence-corrected chi connectivity index (χ3v) is 1.93. The Bertz CT molecular complexity index is 276. The fourth-order valence-corrected chi connectivity index (χ4v) is 1.38. The largest absolute Gasteiger partial charge is 0.392 e. The summed E-state index contributed by atoms with van der Waals surface area (Å²) in [5.41, 5.74) is 2.27. The van der Waals surface area contributed by atoms with Crippen LogP contribution in [0.15, 0.2) is 24.3 Å². The van der Waals surface area contributed by atoms with Crippen molar-refractivity contribution in [2.24, 2.45) is 0 Å². The molecule has 0 heterocycles. The highest BCUT2D eigenvalue weighted by Gasteiger charge is 2.10. The normalized spacial score (nSPS) is 11.7. The molecule has 72 valence electrons. The summed E-state index contributed by atoms with van der Waals surface area (Å²) in [5, 5.41) is 9.11. The summed E-state index contributed by atoms with van der Waals surface area (Å²) in [6.45, 7) is 1.09. The smallest absolute Gasteiger partial charge is 0.104 e. The van der Waals surface area contributed by atoms with E-state index in [1.54, 1.807) is 0 Å². The van der Waals surface area contributed by atoms with Crippen LogP contribution in [0, 0.1) is 0 Å². The number of hydrogen-bond acceptors (Lipinski definition) is 1. The van der Waals surface area contributed by atoms with Gasteiger partial charge in [-0.15, -0.1) is 0 Å². The van der Waals surface area contributed by atoms with Gasteiger partial charge in [0.15, 0.2) is 0 Å². The van der Waals surface area contributed by atoms with Crippen LogP contribution in [0.1, 0.15) is 11.1 Å². The lowest BCUT2D eigenvalue weighted by atomic mass is 10.1. The second-order valence-corrected chi connectivity index (χ2v) is 4.38. The first kappa shape index (κ1) is 10.2. The van der Waals surface area contributed by atoms with Crippen LogP contribution in [-0.2, 0) is 13.2 Å². The number of quaternary nitrogens is 1. The lowest BCUT2D eigenvalue weighted by molar-refractivity contribution is -0.884. The van der Waals surface area contributed by atoms with Crippen LogP contribution in [0.5, 0.6) is 0 Å². The molecule has 0 unspecified atom stereocenters. The second-order valence-electron chi connectivity index (χ2n) is 4.38. The van der Waals surface area contributed by atoms with E-state index in [-0.39, 0.29) is 6.61 Å². The average Bonchev–Trinajstić information content (AvgIpc) is 2.02. The van der Waals surface area contributed by atoms with Gasteiger partial charge < -0.3 is 9.59 Å². The van der Waals surface area contributed by atoms with E-state index in [0.717, 1.165) is 16.6 Å². The summed E-state index contributed by atoms with van der Waals surface area (Å²) in [4.78, 5) is 0. The van der Waals surface area contributed by atoms with E-state index in [2.05, 4.69) is 27.2 Å². The summed E-state index contributed by atoms with van der Waals surface area (Å²) < 4.78 is 0.886. The number of aliphatic hydroxyl groups is 1. The van der Waals surface area contributed by atoms with Crippen molar-refractivity contribution >= 4 is 0 Å². The quantitative estimate of drug-likeness (QED) is 0.697. The number of aliphatic hydroxyl groups excluding tert-OH is 1. The molecule has 0 saturated carbocycles. The van der Waals surface area contributed by atoms with Crippen molar-refractivity contribution in [2.75, 3.05) is 21.1 Å². The molecule has 0 aliphatic rings. The molecule has 1 aromatic carbocycles. The lowest BCUT2D eigenvalue weighted by Gasteiger charge is -2.24. The average molecular weight is 180 g/mol. The van der Waals surface area contributed by atoms with Gasteiger partial charge in [0.25, 0.3) is 0 Å². The molecule has 0 radical (unpaired) electrons. The molecule has 2 nitrogen and oxygen atoms in total. The van der Waals surface area contributed by atoms with Crippen molar-refractivity contribution in [1.82, 2.24) is 0 Å². The van der Waals surface area contributed by atoms with Crippen molar-refractivity contribution in [2.45, 2.75) is 13.2 Å². The Morgan fingerprint density at radius 3 is 2.08 bits per heavy atom. The molecule has 13 heavy (non-hydrogen) atoms. The van der Waals surface area contributed by atoms with Gasteiger partial charge in [-0.2, -0.15) is 0 Å². The molecular weight excluding hydrogens is 162 g/mol. The monoisotopic (exact) mass is 180 g/mol. The van der Waals surface area contributed by atoms with Gasteiger partial charge in [0.2, 0.25) is 0 Å². The summed E-state index contributed by atoms with van der Waals surface area (Å²) in [6, 6.07) is 8.04. The Morgan fingerprint density at radius 1 is 1.08 bits per heavy atom. The minimum Gasteiger partial charge on any atom is -0.392 e. The number of rotatable bonds is 3. The Morgan fingerprint density at radius 2 is 1.62 bits per heavy atom. The van der Waals surface area contributed by atoms with Crippen molar-refractivity contribution in [3.8, 4) is 0 Å². The number of nitrogens with zero attached hydrogens (tertiary/aromatic N) is 1. The van der Waals surface area contributed by atoms with E-state index in [9.17, 15) is 0 Å². The van der Waals surface area contributed by atoms with Crippen LogP contribution in [0.3, 0.4) is 0 Å². The molecule has 0 fully saturated rings. The SMILES string of the molecule is C[N+](C)(C)Cc1ccccc1CO. The van der Waals surface area contributed by atoms with E-state index >= 15 is 0 Å². The van der Waals surface area contributed by atoms with Gasteiger partial charge >= 0.3 is 0 Å². The summed E-state index contributed by atoms with van der Waals surface area (Å²) >= 11 is 0. The van der Waals surface area contributed by atoms with E-state index in [1.165, 1.54) is 5.56 Å². The van der Waals surface area contributed by atoms with E-state index in [0.29, 0.717) is 0 Å². The van der Waals surface area contributed by atoms with Gasteiger partial charge in [0.1, 0.15) is 6.54 Å². The second kappa shape index (κ2) is 3.90. The number of hydrogen-bond donors (Lipinski definition) is 1. The fourth-order valence-electron chi connectivity index (χ4n) is 1.38. The van der Waals surface area contributed by atoms with Crippen molar-refractivity contribution in [1.29, 1.82) is 0 Å². The van der Waals surface area contributed by atoms with Gasteiger partial charge in [-0.1, -0.05) is 24.3 Å². The maximum atomic E-state index is 9.11. The molecule has 0 aromatic heterocycles. The molecule has 0 aliphatic carbocycles. The molecule has 0 aliphatic heterocycles. The van der Waals surface area contributed by atoms with Gasteiger partial charge in [-0.25, -0.2) is 0 Å². The molecule has 0 bridgehead atoms. The van der Waals surface area contributed by atoms with Crippen LogP contribution in [0.25, 0.3) is 0 Å². The molecule has 2 heteroatoms. The highest BCUT2D eigenvalue weighted by Crippen LogP contribution is 2.12. The summed E-state index contributed by atoms with van der Waals surface area (Å²) in [5.74, 6) is 0. The van der Waals surface area contributed by atoms with E-state index in [1.807, 2.05) is 18.2 Å². The van der Waals surface area contributed by atoms with Crippen LogP contribution in [0.2, 0.25) is 0 Å². The van der Waals surface area contributed by atoms with Crippen molar-refractivity contribution in [3.05, 3.63) is 35.4 Å². The van der Waals surface area contributed by atoms with E-state index < -0.39 is 0 Å². The highest BCUT2D eigenvalue weighted by atomic mass is 16.3. The predicted molar refractivity (Wildman–Crippen MR) is 54.1 cm³/mol. The fraction of sp³-hybridized carbons (Fsp3) is 0.455. The maximum absolute atomic E-state index is 9.11. The topological polar surface area (TPSA) is 20.2 Å². The van der Waals surface area contributed by atoms with Crippen LogP contribution in [-0.4, -0.2) is 30.7 Å². The molecule has 0 saturated heterocycles. The zero-order valence-electron chi connectivity index (χ0n) is 8.62. The minimum atomic E-state index is 0.135. The van der Waals surface area contributed by atoms with Crippen molar-refractivity contribution in [3.63, 3.8) is 0 Å². The predicted octanol–water partition coefficient (Wildman–Crippen LogP) is 1.39. The summed E-state index contributed by atoms with van der Waals surface area (Å²) in [7, 11) is 6.44. The molecule has 1 aromatic rings. The van der Waals surface area contributed by atoms with Gasteiger partial charge in [-0.05, 0) is 5.56 Å². The van der Waals surface area contributed by atoms with E-state index in [4.69, 9.17) is 5.11 Å². The van der Waals surface area contributed by atoms with Gasteiger partial charge in [0.05, 0.1) is 27.7 Å². The first-order chi connectivity index (χ1) is 6.03. The van der Waals surface area contributed by atoms with Crippen LogP contribution >= 0.6 is 0 Å². The maximum Gasteiger partial charge on any atom is 0.104 e. The third kappa shape index (κ3) is 3.17. The molecule has 0 amide bonds. The molecule has 1 N–H and O–H groups in total. The Kier molecular flexibility index (Phi) is 3.07. The molecular formula is C11H18NO+. The lowest BCUT2D eigenvalue weighted by Crippen LogP contribution is -2.33. The standard InChI is InChI=1S/C11H18NO/c1-12(2,3)8-10-6-4-5-7-11(10)9-13/h4-7,13H,8-9H2,1-3H3/q+1. The van der Waals surface area contributed by atoms with Crippen LogP contribution in [0.4, 0.5) is 0 Å². The Labute approximate surface area is 80.0 Å². The summed E-state index contributed by atoms with van der Waals surface area (Å²) in [6.07, 6.45) is 0. The zero-order valence-corrected chi connectivity index (χ0v) is 8.62. The van der Waals surface area contributed by atoms with Crippen LogP contribution < -0.4 is 0 Å². The van der Waals surface area contributed by atoms with Gasteiger partial charge in [-0.3, -0.25) is 0 Å². The molecule has 1 rings (SSSR count). The highest BCUT2D eigenvalue weighted by molar-refractivity contribution is 5.25. The Hall–Kier alpha value is -0.860. The molecule has 0 spiro atoms. The first-order valence-electron chi connectivity index (χ1n) is 4.51. The first-order valence-corrected chi connectivity index (χ1v) is 4.51. The zero-order chi connectivity index (χ0) is 9.90.